The Kier molecular flexibility index (Phi) is 5.25. The molecule has 3 N–H and O–H groups in total. The number of nitrogens with one attached hydrogen (secondary N) is 2. The van der Waals surface area contributed by atoms with Crippen LogP contribution >= 0.6 is 23.2 Å². The number of amides is 2. The van der Waals surface area contributed by atoms with Gasteiger partial charge >= 0.3 is 12.0 Å². The molecule has 0 bridgehead atoms. The highest BCUT2D eigenvalue weighted by Crippen LogP contribution is 2.29. The van der Waals surface area contributed by atoms with E-state index in [1.54, 1.807) is 25.1 Å². The molecule has 1 rings (SSSR count). The summed E-state index contributed by atoms with van der Waals surface area (Å²) in [4.78, 5) is 22.3. The number of carbonyl (C=O) groups is 2. The molecular formula is C11H12Cl2N2O3. The predicted molar refractivity (Wildman–Crippen MR) is 70.3 cm³/mol. The van der Waals surface area contributed by atoms with E-state index in [4.69, 9.17) is 28.3 Å². The summed E-state index contributed by atoms with van der Waals surface area (Å²) in [7, 11) is 0. The number of benzene rings is 1. The fourth-order valence-corrected chi connectivity index (χ4v) is 1.76. The van der Waals surface area contributed by atoms with E-state index in [9.17, 15) is 9.59 Å². The Balaban J connectivity index is 2.73. The summed E-state index contributed by atoms with van der Waals surface area (Å²) in [6, 6.07) is 3.15. The Morgan fingerprint density at radius 3 is 2.33 bits per heavy atom. The van der Waals surface area contributed by atoms with Crippen molar-refractivity contribution in [3.63, 3.8) is 0 Å². The molecule has 1 aromatic rings. The van der Waals surface area contributed by atoms with Crippen molar-refractivity contribution in [1.29, 1.82) is 0 Å². The van der Waals surface area contributed by atoms with Crippen LogP contribution in [-0.2, 0) is 4.79 Å². The number of hydrogen-bond acceptors (Lipinski definition) is 2. The number of para-hydroxylation sites is 1. The Bertz CT molecular complexity index is 445. The standard InChI is InChI=1S/C11H12Cl2N2O3/c1-2-8(10(16)17)14-11(18)15-9-6(12)4-3-5-7(9)13/h3-5,8H,2H2,1H3,(H,16,17)(H2,14,15,18)/t8-/m0/s1. The van der Waals surface area contributed by atoms with E-state index in [2.05, 4.69) is 10.6 Å². The summed E-state index contributed by atoms with van der Waals surface area (Å²) in [5, 5.41) is 14.1. The highest BCUT2D eigenvalue weighted by Gasteiger charge is 2.18. The normalized spacial score (nSPS) is 11.7. The van der Waals surface area contributed by atoms with Crippen LogP contribution in [-0.4, -0.2) is 23.1 Å². The molecule has 0 fully saturated rings. The Morgan fingerprint density at radius 2 is 1.89 bits per heavy atom. The molecular weight excluding hydrogens is 279 g/mol. The molecule has 0 radical (unpaired) electrons. The molecule has 7 heteroatoms. The van der Waals surface area contributed by atoms with Crippen molar-refractivity contribution in [2.24, 2.45) is 0 Å². The minimum atomic E-state index is -1.10. The van der Waals surface area contributed by atoms with Crippen LogP contribution in [0, 0.1) is 0 Å². The van der Waals surface area contributed by atoms with Crippen LogP contribution in [0.1, 0.15) is 13.3 Å². The summed E-state index contributed by atoms with van der Waals surface area (Å²) in [5.41, 5.74) is 0.249. The van der Waals surface area contributed by atoms with Gasteiger partial charge in [0.1, 0.15) is 6.04 Å². The van der Waals surface area contributed by atoms with Gasteiger partial charge in [-0.2, -0.15) is 0 Å². The molecule has 0 aliphatic carbocycles. The monoisotopic (exact) mass is 290 g/mol. The summed E-state index contributed by atoms with van der Waals surface area (Å²) < 4.78 is 0. The van der Waals surface area contributed by atoms with Crippen LogP contribution in [0.25, 0.3) is 0 Å². The first-order chi connectivity index (χ1) is 8.45. The molecule has 2 amide bonds. The van der Waals surface area contributed by atoms with Gasteiger partial charge in [-0.15, -0.1) is 0 Å². The highest BCUT2D eigenvalue weighted by atomic mass is 35.5. The second kappa shape index (κ2) is 6.47. The molecule has 1 aromatic carbocycles. The van der Waals surface area contributed by atoms with Crippen molar-refractivity contribution in [2.75, 3.05) is 5.32 Å². The molecule has 0 unspecified atom stereocenters. The third-order valence-corrected chi connectivity index (χ3v) is 2.84. The molecule has 18 heavy (non-hydrogen) atoms. The third kappa shape index (κ3) is 3.78. The van der Waals surface area contributed by atoms with Gasteiger partial charge in [0, 0.05) is 0 Å². The molecule has 1 atom stereocenters. The van der Waals surface area contributed by atoms with Gasteiger partial charge in [0.15, 0.2) is 0 Å². The van der Waals surface area contributed by atoms with Crippen LogP contribution in [0.5, 0.6) is 0 Å². The zero-order valence-electron chi connectivity index (χ0n) is 9.54. The Labute approximate surface area is 114 Å². The number of urea groups is 1. The number of halogens is 2. The molecule has 98 valence electrons. The van der Waals surface area contributed by atoms with Crippen molar-refractivity contribution < 1.29 is 14.7 Å². The lowest BCUT2D eigenvalue weighted by Crippen LogP contribution is -2.42. The largest absolute Gasteiger partial charge is 0.480 e. The second-order valence-electron chi connectivity index (χ2n) is 3.49. The Morgan fingerprint density at radius 1 is 1.33 bits per heavy atom. The Hall–Kier alpha value is -1.46. The zero-order valence-corrected chi connectivity index (χ0v) is 11.0. The van der Waals surface area contributed by atoms with Crippen molar-refractivity contribution in [3.05, 3.63) is 28.2 Å². The van der Waals surface area contributed by atoms with Crippen molar-refractivity contribution in [3.8, 4) is 0 Å². The van der Waals surface area contributed by atoms with Crippen LogP contribution < -0.4 is 10.6 Å². The average Bonchev–Trinajstić information content (AvgIpc) is 2.30. The van der Waals surface area contributed by atoms with Gasteiger partial charge < -0.3 is 15.7 Å². The van der Waals surface area contributed by atoms with Crippen LogP contribution in [0.4, 0.5) is 10.5 Å². The van der Waals surface area contributed by atoms with Gasteiger partial charge in [0.2, 0.25) is 0 Å². The molecule has 0 spiro atoms. The van der Waals surface area contributed by atoms with E-state index in [0.717, 1.165) is 0 Å². The predicted octanol–water partition coefficient (Wildman–Crippen LogP) is 2.98. The average molecular weight is 291 g/mol. The van der Waals surface area contributed by atoms with E-state index in [-0.39, 0.29) is 22.2 Å². The molecule has 0 aromatic heterocycles. The topological polar surface area (TPSA) is 78.4 Å². The number of carboxylic acids is 1. The molecule has 0 saturated carbocycles. The van der Waals surface area contributed by atoms with Gasteiger partial charge in [0.25, 0.3) is 0 Å². The van der Waals surface area contributed by atoms with Crippen molar-refractivity contribution in [1.82, 2.24) is 5.32 Å². The van der Waals surface area contributed by atoms with Gasteiger partial charge in [-0.3, -0.25) is 0 Å². The first-order valence-corrected chi connectivity index (χ1v) is 5.95. The maximum Gasteiger partial charge on any atom is 0.326 e. The lowest BCUT2D eigenvalue weighted by atomic mass is 10.2. The van der Waals surface area contributed by atoms with Crippen molar-refractivity contribution >= 4 is 40.9 Å². The number of anilines is 1. The minimum Gasteiger partial charge on any atom is -0.480 e. The smallest absolute Gasteiger partial charge is 0.326 e. The zero-order chi connectivity index (χ0) is 13.7. The van der Waals surface area contributed by atoms with Crippen LogP contribution in [0.3, 0.4) is 0 Å². The van der Waals surface area contributed by atoms with E-state index in [1.807, 2.05) is 0 Å². The van der Waals surface area contributed by atoms with E-state index in [0.29, 0.717) is 0 Å². The fraction of sp³-hybridized carbons (Fsp3) is 0.273. The van der Waals surface area contributed by atoms with Crippen LogP contribution in [0.2, 0.25) is 10.0 Å². The minimum absolute atomic E-state index is 0.249. The summed E-state index contributed by atoms with van der Waals surface area (Å²) in [6.45, 7) is 1.65. The number of hydrogen-bond donors (Lipinski definition) is 3. The fourth-order valence-electron chi connectivity index (χ4n) is 1.26. The SMILES string of the molecule is CC[C@H](NC(=O)Nc1c(Cl)cccc1Cl)C(=O)O. The van der Waals surface area contributed by atoms with Crippen molar-refractivity contribution in [2.45, 2.75) is 19.4 Å². The van der Waals surface area contributed by atoms with Gasteiger partial charge in [-0.05, 0) is 18.6 Å². The third-order valence-electron chi connectivity index (χ3n) is 2.21. The lowest BCUT2D eigenvalue weighted by Gasteiger charge is -2.14. The summed E-state index contributed by atoms with van der Waals surface area (Å²) in [6.07, 6.45) is 0.277. The maximum absolute atomic E-state index is 11.6. The van der Waals surface area contributed by atoms with E-state index in [1.165, 1.54) is 0 Å². The summed E-state index contributed by atoms with van der Waals surface area (Å²) >= 11 is 11.7. The first kappa shape index (κ1) is 14.6. The van der Waals surface area contributed by atoms with Gasteiger partial charge in [-0.1, -0.05) is 36.2 Å². The number of carbonyl (C=O) groups excluding carboxylic acids is 1. The quantitative estimate of drug-likeness (QED) is 0.798. The lowest BCUT2D eigenvalue weighted by molar-refractivity contribution is -0.139. The van der Waals surface area contributed by atoms with Gasteiger partial charge in [0.05, 0.1) is 15.7 Å². The summed E-state index contributed by atoms with van der Waals surface area (Å²) in [5.74, 6) is -1.10. The second-order valence-corrected chi connectivity index (χ2v) is 4.31. The number of carboxylic acid groups (broad SMARTS) is 1. The maximum atomic E-state index is 11.6. The molecule has 0 saturated heterocycles. The molecule has 0 heterocycles. The molecule has 5 nitrogen and oxygen atoms in total. The number of rotatable bonds is 4. The number of aliphatic carboxylic acids is 1. The van der Waals surface area contributed by atoms with E-state index < -0.39 is 18.0 Å². The van der Waals surface area contributed by atoms with Crippen LogP contribution in [0.15, 0.2) is 18.2 Å². The molecule has 0 aliphatic heterocycles. The first-order valence-electron chi connectivity index (χ1n) is 5.20. The van der Waals surface area contributed by atoms with E-state index >= 15 is 0 Å². The highest BCUT2D eigenvalue weighted by molar-refractivity contribution is 6.39. The molecule has 0 aliphatic rings. The van der Waals surface area contributed by atoms with Gasteiger partial charge in [-0.25, -0.2) is 9.59 Å².